The summed E-state index contributed by atoms with van der Waals surface area (Å²) in [6.45, 7) is 3.55. The van der Waals surface area contributed by atoms with Gasteiger partial charge in [0.25, 0.3) is 5.91 Å². The summed E-state index contributed by atoms with van der Waals surface area (Å²) in [5.41, 5.74) is 1.03. The Bertz CT molecular complexity index is 1320. The lowest BCUT2D eigenvalue weighted by Gasteiger charge is -2.25. The van der Waals surface area contributed by atoms with Gasteiger partial charge in [-0.25, -0.2) is 8.78 Å². The van der Waals surface area contributed by atoms with Gasteiger partial charge >= 0.3 is 6.18 Å². The predicted octanol–water partition coefficient (Wildman–Crippen LogP) is 6.47. The minimum absolute atomic E-state index is 0.0246. The molecule has 0 radical (unpaired) electrons. The normalized spacial score (nSPS) is 13.3. The molecular formula is C31H35BrF5N3O2. The van der Waals surface area contributed by atoms with Crippen molar-refractivity contribution in [3.05, 3.63) is 105 Å². The topological polar surface area (TPSA) is 64.6 Å². The van der Waals surface area contributed by atoms with Crippen molar-refractivity contribution in [2.24, 2.45) is 0 Å². The molecule has 5 nitrogen and oxygen atoms in total. The SMILES string of the molecule is CCCCN(C)Cc1cc(Br)cc(C(=O)N[C@@H](Cc2cc(F)cc(F)c2)[C@H](O)CNCc2cccc(C(F)(F)F)c2)c1. The highest BCUT2D eigenvalue weighted by atomic mass is 79.9. The highest BCUT2D eigenvalue weighted by Gasteiger charge is 2.30. The fourth-order valence-electron chi connectivity index (χ4n) is 4.57. The van der Waals surface area contributed by atoms with Crippen LogP contribution in [0.5, 0.6) is 0 Å². The van der Waals surface area contributed by atoms with Crippen molar-refractivity contribution in [2.45, 2.75) is 57.6 Å². The zero-order chi connectivity index (χ0) is 30.9. The van der Waals surface area contributed by atoms with E-state index in [9.17, 15) is 31.9 Å². The third kappa shape index (κ3) is 10.8. The number of carbonyl (C=O) groups is 1. The molecule has 0 aliphatic rings. The van der Waals surface area contributed by atoms with Crippen molar-refractivity contribution in [3.63, 3.8) is 0 Å². The van der Waals surface area contributed by atoms with Crippen molar-refractivity contribution >= 4 is 21.8 Å². The number of nitrogens with zero attached hydrogens (tertiary/aromatic N) is 1. The van der Waals surface area contributed by atoms with E-state index in [4.69, 9.17) is 0 Å². The minimum atomic E-state index is -4.48. The van der Waals surface area contributed by atoms with E-state index in [1.54, 1.807) is 12.1 Å². The Kier molecular flexibility index (Phi) is 12.5. The van der Waals surface area contributed by atoms with Crippen LogP contribution in [0.3, 0.4) is 0 Å². The van der Waals surface area contributed by atoms with E-state index in [0.29, 0.717) is 22.1 Å². The number of benzene rings is 3. The van der Waals surface area contributed by atoms with Crippen molar-refractivity contribution in [3.8, 4) is 0 Å². The quantitative estimate of drug-likeness (QED) is 0.174. The molecule has 0 saturated carbocycles. The molecule has 3 aromatic rings. The Morgan fingerprint density at radius 1 is 1.00 bits per heavy atom. The Labute approximate surface area is 251 Å². The molecule has 0 fully saturated rings. The maximum Gasteiger partial charge on any atom is 0.416 e. The summed E-state index contributed by atoms with van der Waals surface area (Å²) < 4.78 is 67.6. The highest BCUT2D eigenvalue weighted by molar-refractivity contribution is 9.10. The molecule has 11 heteroatoms. The van der Waals surface area contributed by atoms with Crippen LogP contribution < -0.4 is 10.6 Å². The van der Waals surface area contributed by atoms with Gasteiger partial charge in [-0.05, 0) is 79.5 Å². The highest BCUT2D eigenvalue weighted by Crippen LogP contribution is 2.29. The number of rotatable bonds is 14. The number of unbranched alkanes of at least 4 members (excludes halogenated alkanes) is 1. The van der Waals surface area contributed by atoms with Crippen molar-refractivity contribution in [2.75, 3.05) is 20.1 Å². The largest absolute Gasteiger partial charge is 0.416 e. The van der Waals surface area contributed by atoms with Crippen LogP contribution in [-0.4, -0.2) is 48.2 Å². The molecule has 0 unspecified atom stereocenters. The maximum absolute atomic E-state index is 13.9. The van der Waals surface area contributed by atoms with Gasteiger partial charge in [0, 0.05) is 35.7 Å². The molecule has 1 amide bonds. The number of hydrogen-bond donors (Lipinski definition) is 3. The number of nitrogens with one attached hydrogen (secondary N) is 2. The maximum atomic E-state index is 13.9. The van der Waals surface area contributed by atoms with Gasteiger partial charge in [0.1, 0.15) is 11.6 Å². The van der Waals surface area contributed by atoms with Gasteiger partial charge in [-0.3, -0.25) is 4.79 Å². The molecule has 0 saturated heterocycles. The van der Waals surface area contributed by atoms with E-state index >= 15 is 0 Å². The average Bonchev–Trinajstić information content (AvgIpc) is 2.90. The van der Waals surface area contributed by atoms with Crippen LogP contribution in [0.1, 0.15) is 52.4 Å². The Hall–Kier alpha value is -2.86. The van der Waals surface area contributed by atoms with Gasteiger partial charge in [-0.2, -0.15) is 13.2 Å². The number of halogens is 6. The summed E-state index contributed by atoms with van der Waals surface area (Å²) in [7, 11) is 1.99. The average molecular weight is 657 g/mol. The van der Waals surface area contributed by atoms with Gasteiger partial charge in [0.15, 0.2) is 0 Å². The monoisotopic (exact) mass is 655 g/mol. The molecule has 3 N–H and O–H groups in total. The lowest BCUT2D eigenvalue weighted by Crippen LogP contribution is -2.48. The Morgan fingerprint density at radius 2 is 1.71 bits per heavy atom. The van der Waals surface area contributed by atoms with E-state index in [2.05, 4.69) is 38.4 Å². The fourth-order valence-corrected chi connectivity index (χ4v) is 5.11. The summed E-state index contributed by atoms with van der Waals surface area (Å²) in [5.74, 6) is -2.08. The van der Waals surface area contributed by atoms with Gasteiger partial charge in [-0.15, -0.1) is 0 Å². The van der Waals surface area contributed by atoms with Crippen LogP contribution in [0.4, 0.5) is 22.0 Å². The van der Waals surface area contributed by atoms with Crippen molar-refractivity contribution in [1.82, 2.24) is 15.5 Å². The number of aliphatic hydroxyl groups excluding tert-OH is 1. The Balaban J connectivity index is 1.75. The molecule has 228 valence electrons. The summed E-state index contributed by atoms with van der Waals surface area (Å²) in [4.78, 5) is 15.5. The van der Waals surface area contributed by atoms with Crippen LogP contribution >= 0.6 is 15.9 Å². The smallest absolute Gasteiger partial charge is 0.390 e. The molecule has 0 aliphatic heterocycles. The number of alkyl halides is 3. The summed E-state index contributed by atoms with van der Waals surface area (Å²) in [6.07, 6.45) is -3.71. The summed E-state index contributed by atoms with van der Waals surface area (Å²) in [5, 5.41) is 16.7. The molecule has 0 heterocycles. The van der Waals surface area contributed by atoms with Crippen LogP contribution in [0, 0.1) is 11.6 Å². The molecule has 0 aliphatic carbocycles. The third-order valence-electron chi connectivity index (χ3n) is 6.66. The zero-order valence-electron chi connectivity index (χ0n) is 23.4. The first-order valence-corrected chi connectivity index (χ1v) is 14.4. The summed E-state index contributed by atoms with van der Waals surface area (Å²) in [6, 6.07) is 12.1. The van der Waals surface area contributed by atoms with Crippen LogP contribution in [0.25, 0.3) is 0 Å². The molecule has 2 atom stereocenters. The van der Waals surface area contributed by atoms with Crippen LogP contribution in [0.2, 0.25) is 0 Å². The van der Waals surface area contributed by atoms with Gasteiger partial charge in [0.05, 0.1) is 17.7 Å². The van der Waals surface area contributed by atoms with E-state index in [1.807, 2.05) is 13.1 Å². The van der Waals surface area contributed by atoms with Crippen LogP contribution in [0.15, 0.2) is 65.1 Å². The minimum Gasteiger partial charge on any atom is -0.390 e. The number of amides is 1. The standard InChI is InChI=1S/C31H35BrF5N3O2/c1-3-4-8-40(2)19-22-9-23(15-25(32)11-22)30(42)39-28(14-21-12-26(33)16-27(34)13-21)29(41)18-38-17-20-6-5-7-24(10-20)31(35,36)37/h5-7,9-13,15-16,28-29,38,41H,3-4,8,14,17-19H2,1-2H3,(H,39,42)/t28-,29+/m0/s1. The van der Waals surface area contributed by atoms with E-state index in [0.717, 1.165) is 55.3 Å². The van der Waals surface area contributed by atoms with E-state index in [-0.39, 0.29) is 25.1 Å². The predicted molar refractivity (Wildman–Crippen MR) is 156 cm³/mol. The molecule has 0 bridgehead atoms. The molecular weight excluding hydrogens is 621 g/mol. The molecule has 3 rings (SSSR count). The molecule has 42 heavy (non-hydrogen) atoms. The first kappa shape index (κ1) is 33.6. The van der Waals surface area contributed by atoms with Gasteiger partial charge in [0.2, 0.25) is 0 Å². The van der Waals surface area contributed by atoms with Gasteiger partial charge < -0.3 is 20.6 Å². The molecule has 3 aromatic carbocycles. The second-order valence-electron chi connectivity index (χ2n) is 10.4. The second kappa shape index (κ2) is 15.6. The number of aliphatic hydroxyl groups is 1. The van der Waals surface area contributed by atoms with Crippen molar-refractivity contribution < 1.29 is 31.9 Å². The van der Waals surface area contributed by atoms with Gasteiger partial charge in [-0.1, -0.05) is 47.5 Å². The van der Waals surface area contributed by atoms with Crippen molar-refractivity contribution in [1.29, 1.82) is 0 Å². The second-order valence-corrected chi connectivity index (χ2v) is 11.3. The Morgan fingerprint density at radius 3 is 2.38 bits per heavy atom. The molecule has 0 aromatic heterocycles. The number of carbonyl (C=O) groups excluding carboxylic acids is 1. The zero-order valence-corrected chi connectivity index (χ0v) is 25.0. The first-order valence-electron chi connectivity index (χ1n) is 13.6. The lowest BCUT2D eigenvalue weighted by molar-refractivity contribution is -0.137. The number of hydrogen-bond acceptors (Lipinski definition) is 4. The first-order chi connectivity index (χ1) is 19.8. The lowest BCUT2D eigenvalue weighted by atomic mass is 9.99. The van der Waals surface area contributed by atoms with E-state index < -0.39 is 41.4 Å². The summed E-state index contributed by atoms with van der Waals surface area (Å²) >= 11 is 3.45. The molecule has 0 spiro atoms. The third-order valence-corrected chi connectivity index (χ3v) is 7.12. The fraction of sp³-hybridized carbons (Fsp3) is 0.387. The van der Waals surface area contributed by atoms with E-state index in [1.165, 1.54) is 12.1 Å². The van der Waals surface area contributed by atoms with Crippen LogP contribution in [-0.2, 0) is 25.7 Å².